The van der Waals surface area contributed by atoms with Crippen LogP contribution in [0.1, 0.15) is 0 Å². The minimum Gasteiger partial charge on any atom is -0.366 e. The van der Waals surface area contributed by atoms with Gasteiger partial charge in [-0.15, -0.1) is 5.10 Å². The molecule has 0 radical (unpaired) electrons. The Morgan fingerprint density at radius 3 is 2.65 bits per heavy atom. The van der Waals surface area contributed by atoms with Crippen LogP contribution >= 0.6 is 11.8 Å². The fourth-order valence-corrected chi connectivity index (χ4v) is 2.49. The monoisotopic (exact) mass is 242 g/mol. The predicted molar refractivity (Wildman–Crippen MR) is 68.0 cm³/mol. The highest BCUT2D eigenvalue weighted by Crippen LogP contribution is 2.27. The first-order valence-electron chi connectivity index (χ1n) is 5.17. The summed E-state index contributed by atoms with van der Waals surface area (Å²) < 4.78 is 1.76. The van der Waals surface area contributed by atoms with Gasteiger partial charge in [0.15, 0.2) is 5.65 Å². The van der Waals surface area contributed by atoms with E-state index in [1.807, 2.05) is 36.4 Å². The molecule has 0 bridgehead atoms. The molecule has 3 aromatic rings. The van der Waals surface area contributed by atoms with Crippen LogP contribution in [0.25, 0.3) is 5.65 Å². The van der Waals surface area contributed by atoms with Crippen LogP contribution in [0.5, 0.6) is 0 Å². The molecular formula is C12H10N4S. The summed E-state index contributed by atoms with van der Waals surface area (Å²) in [5.74, 6) is 0.297. The lowest BCUT2D eigenvalue weighted by molar-refractivity contribution is 0.867. The zero-order valence-electron chi connectivity index (χ0n) is 8.95. The number of hydrogen-bond donors (Lipinski definition) is 1. The van der Waals surface area contributed by atoms with E-state index in [2.05, 4.69) is 22.2 Å². The van der Waals surface area contributed by atoms with Crippen molar-refractivity contribution in [2.75, 3.05) is 5.73 Å². The van der Waals surface area contributed by atoms with E-state index in [1.165, 1.54) is 0 Å². The Morgan fingerprint density at radius 2 is 1.82 bits per heavy atom. The molecule has 0 saturated carbocycles. The molecule has 4 nitrogen and oxygen atoms in total. The molecule has 0 aliphatic heterocycles. The summed E-state index contributed by atoms with van der Waals surface area (Å²) in [6.07, 6.45) is 0. The highest BCUT2D eigenvalue weighted by Gasteiger charge is 2.05. The van der Waals surface area contributed by atoms with Crippen LogP contribution < -0.4 is 5.73 Å². The van der Waals surface area contributed by atoms with Crippen molar-refractivity contribution in [3.63, 3.8) is 0 Å². The van der Waals surface area contributed by atoms with Crippen molar-refractivity contribution in [2.24, 2.45) is 0 Å². The van der Waals surface area contributed by atoms with Gasteiger partial charge in [-0.25, -0.2) is 4.52 Å². The zero-order chi connectivity index (χ0) is 11.7. The Hall–Kier alpha value is -2.01. The Labute approximate surface area is 102 Å². The van der Waals surface area contributed by atoms with Gasteiger partial charge in [-0.3, -0.25) is 0 Å². The molecule has 2 aromatic heterocycles. The number of hydrogen-bond acceptors (Lipinski definition) is 4. The minimum absolute atomic E-state index is 0.297. The standard InChI is InChI=1S/C12H10N4S/c13-12-14-10-7-4-8-11(16(10)15-12)17-9-5-2-1-3-6-9/h1-8H,(H2,13,15). The molecule has 1 aromatic carbocycles. The molecular weight excluding hydrogens is 232 g/mol. The number of nitrogen functional groups attached to an aromatic ring is 1. The molecule has 0 saturated heterocycles. The lowest BCUT2D eigenvalue weighted by atomic mass is 10.4. The Kier molecular flexibility index (Phi) is 2.45. The average Bonchev–Trinajstić information content (AvgIpc) is 2.72. The molecule has 2 heterocycles. The number of rotatable bonds is 2. The van der Waals surface area contributed by atoms with Crippen molar-refractivity contribution >= 4 is 23.4 Å². The summed E-state index contributed by atoms with van der Waals surface area (Å²) >= 11 is 1.64. The molecule has 0 unspecified atom stereocenters. The molecule has 0 aliphatic rings. The molecule has 84 valence electrons. The largest absolute Gasteiger partial charge is 0.366 e. The van der Waals surface area contributed by atoms with Crippen LogP contribution in [0.4, 0.5) is 5.95 Å². The predicted octanol–water partition coefficient (Wildman–Crippen LogP) is 2.46. The van der Waals surface area contributed by atoms with E-state index >= 15 is 0 Å². The van der Waals surface area contributed by atoms with E-state index in [0.717, 1.165) is 15.6 Å². The van der Waals surface area contributed by atoms with Crippen LogP contribution in [0.2, 0.25) is 0 Å². The second kappa shape index (κ2) is 4.10. The van der Waals surface area contributed by atoms with Gasteiger partial charge in [0, 0.05) is 4.90 Å². The summed E-state index contributed by atoms with van der Waals surface area (Å²) in [5.41, 5.74) is 6.37. The SMILES string of the molecule is Nc1nc2cccc(Sc3ccccc3)n2n1. The topological polar surface area (TPSA) is 56.2 Å². The Bertz CT molecular complexity index is 648. The van der Waals surface area contributed by atoms with Gasteiger partial charge in [-0.05, 0) is 24.3 Å². The van der Waals surface area contributed by atoms with Crippen molar-refractivity contribution in [3.05, 3.63) is 48.5 Å². The number of anilines is 1. The van der Waals surface area contributed by atoms with Gasteiger partial charge >= 0.3 is 0 Å². The molecule has 3 rings (SSSR count). The van der Waals surface area contributed by atoms with E-state index in [4.69, 9.17) is 5.73 Å². The molecule has 5 heteroatoms. The number of nitrogens with zero attached hydrogens (tertiary/aromatic N) is 3. The van der Waals surface area contributed by atoms with Crippen molar-refractivity contribution in [2.45, 2.75) is 9.92 Å². The van der Waals surface area contributed by atoms with Gasteiger partial charge in [0.1, 0.15) is 5.03 Å². The van der Waals surface area contributed by atoms with Crippen LogP contribution in [0.15, 0.2) is 58.5 Å². The maximum Gasteiger partial charge on any atom is 0.240 e. The van der Waals surface area contributed by atoms with Crippen LogP contribution in [0.3, 0.4) is 0 Å². The summed E-state index contributed by atoms with van der Waals surface area (Å²) in [6.45, 7) is 0. The number of nitrogens with two attached hydrogens (primary N) is 1. The maximum atomic E-state index is 5.60. The molecule has 2 N–H and O–H groups in total. The molecule has 0 spiro atoms. The highest BCUT2D eigenvalue weighted by atomic mass is 32.2. The molecule has 0 atom stereocenters. The summed E-state index contributed by atoms with van der Waals surface area (Å²) in [4.78, 5) is 5.29. The lowest BCUT2D eigenvalue weighted by Crippen LogP contribution is -1.92. The summed E-state index contributed by atoms with van der Waals surface area (Å²) in [7, 11) is 0. The third-order valence-electron chi connectivity index (χ3n) is 2.31. The van der Waals surface area contributed by atoms with Gasteiger partial charge < -0.3 is 5.73 Å². The van der Waals surface area contributed by atoms with Gasteiger partial charge in [0.05, 0.1) is 0 Å². The number of benzene rings is 1. The van der Waals surface area contributed by atoms with E-state index in [-0.39, 0.29) is 0 Å². The number of aromatic nitrogens is 3. The minimum atomic E-state index is 0.297. The van der Waals surface area contributed by atoms with Crippen LogP contribution in [-0.4, -0.2) is 14.6 Å². The third-order valence-corrected chi connectivity index (χ3v) is 3.33. The third kappa shape index (κ3) is 1.97. The normalized spacial score (nSPS) is 10.8. The Balaban J connectivity index is 2.06. The molecule has 0 amide bonds. The van der Waals surface area contributed by atoms with Gasteiger partial charge in [0.2, 0.25) is 5.95 Å². The van der Waals surface area contributed by atoms with Gasteiger partial charge in [-0.1, -0.05) is 36.0 Å². The highest BCUT2D eigenvalue weighted by molar-refractivity contribution is 7.99. The first-order chi connectivity index (χ1) is 8.33. The summed E-state index contributed by atoms with van der Waals surface area (Å²) in [6, 6.07) is 16.0. The molecule has 0 fully saturated rings. The first kappa shape index (κ1) is 10.2. The van der Waals surface area contributed by atoms with Crippen molar-refractivity contribution in [1.29, 1.82) is 0 Å². The lowest BCUT2D eigenvalue weighted by Gasteiger charge is -2.02. The maximum absolute atomic E-state index is 5.60. The van der Waals surface area contributed by atoms with E-state index in [1.54, 1.807) is 16.3 Å². The second-order valence-electron chi connectivity index (χ2n) is 3.52. The molecule has 0 aliphatic carbocycles. The van der Waals surface area contributed by atoms with Gasteiger partial charge in [0.25, 0.3) is 0 Å². The van der Waals surface area contributed by atoms with E-state index in [9.17, 15) is 0 Å². The second-order valence-corrected chi connectivity index (χ2v) is 4.61. The number of pyridine rings is 1. The molecule has 17 heavy (non-hydrogen) atoms. The van der Waals surface area contributed by atoms with E-state index in [0.29, 0.717) is 5.95 Å². The number of fused-ring (bicyclic) bond motifs is 1. The van der Waals surface area contributed by atoms with Crippen LogP contribution in [0, 0.1) is 0 Å². The van der Waals surface area contributed by atoms with E-state index < -0.39 is 0 Å². The fraction of sp³-hybridized carbons (Fsp3) is 0. The van der Waals surface area contributed by atoms with Gasteiger partial charge in [-0.2, -0.15) is 4.98 Å². The van der Waals surface area contributed by atoms with Crippen molar-refractivity contribution in [3.8, 4) is 0 Å². The zero-order valence-corrected chi connectivity index (χ0v) is 9.76. The van der Waals surface area contributed by atoms with Crippen molar-refractivity contribution in [1.82, 2.24) is 14.6 Å². The Morgan fingerprint density at radius 1 is 1.00 bits per heavy atom. The van der Waals surface area contributed by atoms with Crippen LogP contribution in [-0.2, 0) is 0 Å². The first-order valence-corrected chi connectivity index (χ1v) is 5.99. The smallest absolute Gasteiger partial charge is 0.240 e. The van der Waals surface area contributed by atoms with Crippen molar-refractivity contribution < 1.29 is 0 Å². The summed E-state index contributed by atoms with van der Waals surface area (Å²) in [5, 5.41) is 5.17. The fourth-order valence-electron chi connectivity index (χ4n) is 1.58. The average molecular weight is 242 g/mol. The quantitative estimate of drug-likeness (QED) is 0.750.